The Hall–Kier alpha value is -1.14. The summed E-state index contributed by atoms with van der Waals surface area (Å²) in [5, 5.41) is 19.8. The van der Waals surface area contributed by atoms with Crippen molar-refractivity contribution in [2.75, 3.05) is 6.54 Å². The lowest BCUT2D eigenvalue weighted by Gasteiger charge is -2.52. The fourth-order valence-electron chi connectivity index (χ4n) is 4.52. The van der Waals surface area contributed by atoms with Gasteiger partial charge in [0.15, 0.2) is 0 Å². The smallest absolute Gasteiger partial charge is 0.312 e. The van der Waals surface area contributed by atoms with Crippen LogP contribution in [0.5, 0.6) is 0 Å². The summed E-state index contributed by atoms with van der Waals surface area (Å²) in [5.74, 6) is -1.75. The standard InChI is InChI=1S/C15H26N2O4/c16-9-10-4-7-14(8-5-10,12(18)19)15(13(20)21)6-2-1-3-11(15)17/h10-11H,1-9,16-17H2,(H,18,19)(H,20,21). The van der Waals surface area contributed by atoms with Crippen LogP contribution in [-0.2, 0) is 9.59 Å². The average Bonchev–Trinajstić information content (AvgIpc) is 2.47. The Kier molecular flexibility index (Phi) is 4.58. The van der Waals surface area contributed by atoms with Gasteiger partial charge in [-0.1, -0.05) is 12.8 Å². The van der Waals surface area contributed by atoms with Gasteiger partial charge in [0.2, 0.25) is 0 Å². The molecule has 120 valence electrons. The van der Waals surface area contributed by atoms with Crippen LogP contribution < -0.4 is 11.5 Å². The molecule has 0 aliphatic heterocycles. The lowest BCUT2D eigenvalue weighted by atomic mass is 9.49. The van der Waals surface area contributed by atoms with Gasteiger partial charge in [0.05, 0.1) is 10.8 Å². The Balaban J connectivity index is 2.43. The second kappa shape index (κ2) is 5.93. The summed E-state index contributed by atoms with van der Waals surface area (Å²) in [4.78, 5) is 24.2. The molecule has 6 N–H and O–H groups in total. The van der Waals surface area contributed by atoms with Crippen LogP contribution in [0, 0.1) is 16.7 Å². The molecule has 6 nitrogen and oxygen atoms in total. The summed E-state index contributed by atoms with van der Waals surface area (Å²) in [5.41, 5.74) is 9.26. The Morgan fingerprint density at radius 1 is 1.00 bits per heavy atom. The number of carboxylic acid groups (broad SMARTS) is 2. The molecular formula is C15H26N2O4. The lowest BCUT2D eigenvalue weighted by molar-refractivity contribution is -0.185. The fourth-order valence-corrected chi connectivity index (χ4v) is 4.52. The maximum atomic E-state index is 12.1. The molecule has 2 rings (SSSR count). The van der Waals surface area contributed by atoms with Crippen molar-refractivity contribution >= 4 is 11.9 Å². The highest BCUT2D eigenvalue weighted by Gasteiger charge is 2.64. The zero-order chi connectivity index (χ0) is 15.7. The highest BCUT2D eigenvalue weighted by molar-refractivity contribution is 5.87. The number of nitrogens with two attached hydrogens (primary N) is 2. The van der Waals surface area contributed by atoms with Crippen LogP contribution >= 0.6 is 0 Å². The Morgan fingerprint density at radius 2 is 1.62 bits per heavy atom. The van der Waals surface area contributed by atoms with Crippen LogP contribution in [0.1, 0.15) is 51.4 Å². The minimum Gasteiger partial charge on any atom is -0.481 e. The van der Waals surface area contributed by atoms with Gasteiger partial charge in [-0.3, -0.25) is 9.59 Å². The van der Waals surface area contributed by atoms with Crippen molar-refractivity contribution in [1.82, 2.24) is 0 Å². The normalized spacial score (nSPS) is 40.7. The van der Waals surface area contributed by atoms with Gasteiger partial charge < -0.3 is 21.7 Å². The number of carboxylic acids is 2. The van der Waals surface area contributed by atoms with Crippen LogP contribution in [-0.4, -0.2) is 34.7 Å². The van der Waals surface area contributed by atoms with E-state index in [-0.39, 0.29) is 0 Å². The second-order valence-electron chi connectivity index (χ2n) is 6.70. The summed E-state index contributed by atoms with van der Waals surface area (Å²) in [6.07, 6.45) is 4.63. The SMILES string of the molecule is NCC1CCC(C(=O)O)(C2(C(=O)O)CCCCC2N)CC1. The summed E-state index contributed by atoms with van der Waals surface area (Å²) in [6, 6.07) is -0.589. The van der Waals surface area contributed by atoms with Crippen molar-refractivity contribution in [2.45, 2.75) is 57.4 Å². The molecule has 2 aliphatic carbocycles. The summed E-state index contributed by atoms with van der Waals surface area (Å²) < 4.78 is 0. The van der Waals surface area contributed by atoms with Crippen molar-refractivity contribution in [2.24, 2.45) is 28.2 Å². The summed E-state index contributed by atoms with van der Waals surface area (Å²) in [6.45, 7) is 0.530. The van der Waals surface area contributed by atoms with Gasteiger partial charge in [0.1, 0.15) is 0 Å². The number of hydrogen-bond acceptors (Lipinski definition) is 4. The van der Waals surface area contributed by atoms with Gasteiger partial charge in [-0.25, -0.2) is 0 Å². The molecule has 0 heterocycles. The molecule has 6 heteroatoms. The fraction of sp³-hybridized carbons (Fsp3) is 0.867. The van der Waals surface area contributed by atoms with Crippen molar-refractivity contribution < 1.29 is 19.8 Å². The lowest BCUT2D eigenvalue weighted by Crippen LogP contribution is -2.63. The Morgan fingerprint density at radius 3 is 2.05 bits per heavy atom. The Labute approximate surface area is 124 Å². The molecule has 0 saturated heterocycles. The van der Waals surface area contributed by atoms with E-state index < -0.39 is 28.8 Å². The topological polar surface area (TPSA) is 127 Å². The average molecular weight is 298 g/mol. The van der Waals surface area contributed by atoms with Crippen molar-refractivity contribution in [3.05, 3.63) is 0 Å². The van der Waals surface area contributed by atoms with E-state index in [1.165, 1.54) is 0 Å². The predicted octanol–water partition coefficient (Wildman–Crippen LogP) is 1.18. The third-order valence-corrected chi connectivity index (χ3v) is 5.91. The van der Waals surface area contributed by atoms with E-state index in [1.54, 1.807) is 0 Å². The van der Waals surface area contributed by atoms with Crippen LogP contribution in [0.4, 0.5) is 0 Å². The first-order valence-corrected chi connectivity index (χ1v) is 7.83. The summed E-state index contributed by atoms with van der Waals surface area (Å²) >= 11 is 0. The van der Waals surface area contributed by atoms with Gasteiger partial charge in [-0.15, -0.1) is 0 Å². The van der Waals surface area contributed by atoms with Crippen LogP contribution in [0.3, 0.4) is 0 Å². The monoisotopic (exact) mass is 298 g/mol. The van der Waals surface area contributed by atoms with Gasteiger partial charge in [-0.05, 0) is 51.0 Å². The maximum absolute atomic E-state index is 12.1. The van der Waals surface area contributed by atoms with E-state index in [9.17, 15) is 19.8 Å². The molecule has 0 spiro atoms. The first kappa shape index (κ1) is 16.2. The van der Waals surface area contributed by atoms with Gasteiger partial charge in [-0.2, -0.15) is 0 Å². The van der Waals surface area contributed by atoms with Crippen molar-refractivity contribution in [3.63, 3.8) is 0 Å². The molecular weight excluding hydrogens is 272 g/mol. The largest absolute Gasteiger partial charge is 0.481 e. The number of hydrogen-bond donors (Lipinski definition) is 4. The van der Waals surface area contributed by atoms with E-state index in [4.69, 9.17) is 11.5 Å². The maximum Gasteiger partial charge on any atom is 0.312 e. The van der Waals surface area contributed by atoms with Crippen LogP contribution in [0.15, 0.2) is 0 Å². The molecule has 0 amide bonds. The highest BCUT2D eigenvalue weighted by Crippen LogP contribution is 2.57. The minimum atomic E-state index is -1.34. The highest BCUT2D eigenvalue weighted by atomic mass is 16.4. The number of carbonyl (C=O) groups is 2. The van der Waals surface area contributed by atoms with Crippen molar-refractivity contribution in [1.29, 1.82) is 0 Å². The first-order chi connectivity index (χ1) is 9.90. The molecule has 0 aromatic heterocycles. The van der Waals surface area contributed by atoms with Crippen molar-refractivity contribution in [3.8, 4) is 0 Å². The number of rotatable bonds is 4. The van der Waals surface area contributed by atoms with E-state index in [0.717, 1.165) is 12.8 Å². The zero-order valence-corrected chi connectivity index (χ0v) is 12.4. The van der Waals surface area contributed by atoms with E-state index in [2.05, 4.69) is 0 Å². The molecule has 2 fully saturated rings. The van der Waals surface area contributed by atoms with Gasteiger partial charge in [0.25, 0.3) is 0 Å². The molecule has 21 heavy (non-hydrogen) atoms. The number of aliphatic carboxylic acids is 2. The molecule has 0 bridgehead atoms. The van der Waals surface area contributed by atoms with E-state index >= 15 is 0 Å². The molecule has 0 radical (unpaired) electrons. The molecule has 0 aromatic rings. The molecule has 2 saturated carbocycles. The van der Waals surface area contributed by atoms with Crippen LogP contribution in [0.25, 0.3) is 0 Å². The third kappa shape index (κ3) is 2.34. The van der Waals surface area contributed by atoms with E-state index in [1.807, 2.05) is 0 Å². The van der Waals surface area contributed by atoms with Crippen LogP contribution in [0.2, 0.25) is 0 Å². The predicted molar refractivity (Wildman–Crippen MR) is 77.6 cm³/mol. The zero-order valence-electron chi connectivity index (χ0n) is 12.4. The second-order valence-corrected chi connectivity index (χ2v) is 6.70. The minimum absolute atomic E-state index is 0.295. The molecule has 2 aliphatic rings. The van der Waals surface area contributed by atoms with Gasteiger partial charge >= 0.3 is 11.9 Å². The Bertz CT molecular complexity index is 418. The van der Waals surface area contributed by atoms with E-state index in [0.29, 0.717) is 51.0 Å². The quantitative estimate of drug-likeness (QED) is 0.617. The third-order valence-electron chi connectivity index (χ3n) is 5.91. The molecule has 2 atom stereocenters. The van der Waals surface area contributed by atoms with Gasteiger partial charge in [0, 0.05) is 6.04 Å². The summed E-state index contributed by atoms with van der Waals surface area (Å²) in [7, 11) is 0. The first-order valence-electron chi connectivity index (χ1n) is 7.83. The molecule has 0 aromatic carbocycles. The molecule has 2 unspecified atom stereocenters.